The minimum absolute atomic E-state index is 0.0713. The summed E-state index contributed by atoms with van der Waals surface area (Å²) in [5, 5.41) is 16.5. The molecule has 1 aromatic carbocycles. The van der Waals surface area contributed by atoms with E-state index < -0.39 is 5.97 Å². The number of nitrogens with zero attached hydrogens (tertiary/aromatic N) is 2. The summed E-state index contributed by atoms with van der Waals surface area (Å²) in [6.45, 7) is 5.89. The summed E-state index contributed by atoms with van der Waals surface area (Å²) in [5.41, 5.74) is 4.19. The van der Waals surface area contributed by atoms with E-state index in [9.17, 15) is 9.59 Å². The molecule has 7 heteroatoms. The molecule has 0 aliphatic carbocycles. The minimum Gasteiger partial charge on any atom is -0.481 e. The van der Waals surface area contributed by atoms with Gasteiger partial charge in [0.15, 0.2) is 0 Å². The lowest BCUT2D eigenvalue weighted by Crippen LogP contribution is -2.36. The Morgan fingerprint density at radius 3 is 2.48 bits per heavy atom. The Morgan fingerprint density at radius 1 is 1.26 bits per heavy atom. The van der Waals surface area contributed by atoms with Crippen molar-refractivity contribution in [3.63, 3.8) is 0 Å². The Bertz CT molecular complexity index is 800. The Hall–Kier alpha value is -2.28. The smallest absolute Gasteiger partial charge is 0.303 e. The van der Waals surface area contributed by atoms with Gasteiger partial charge in [-0.05, 0) is 62.8 Å². The van der Waals surface area contributed by atoms with Gasteiger partial charge in [0.25, 0.3) is 5.91 Å². The van der Waals surface area contributed by atoms with Crippen molar-refractivity contribution in [2.75, 3.05) is 12.0 Å². The van der Waals surface area contributed by atoms with Gasteiger partial charge in [0.1, 0.15) is 0 Å². The highest BCUT2D eigenvalue weighted by Crippen LogP contribution is 2.20. The van der Waals surface area contributed by atoms with E-state index in [1.165, 1.54) is 0 Å². The number of hydrogen-bond donors (Lipinski definition) is 2. The first-order valence-electron chi connectivity index (χ1n) is 9.04. The second-order valence-corrected chi connectivity index (χ2v) is 7.45. The fourth-order valence-electron chi connectivity index (χ4n) is 3.01. The molecule has 0 aliphatic heterocycles. The van der Waals surface area contributed by atoms with Gasteiger partial charge in [0.2, 0.25) is 0 Å². The van der Waals surface area contributed by atoms with E-state index in [0.717, 1.165) is 34.8 Å². The Balaban J connectivity index is 2.16. The van der Waals surface area contributed by atoms with Crippen LogP contribution in [0.3, 0.4) is 0 Å². The Morgan fingerprint density at radius 2 is 1.93 bits per heavy atom. The van der Waals surface area contributed by atoms with Crippen molar-refractivity contribution >= 4 is 23.6 Å². The number of aliphatic carboxylic acids is 1. The van der Waals surface area contributed by atoms with Gasteiger partial charge >= 0.3 is 5.97 Å². The number of rotatable bonds is 9. The molecule has 2 rings (SSSR count). The van der Waals surface area contributed by atoms with E-state index in [1.807, 2.05) is 32.2 Å². The molecule has 1 amide bonds. The molecular formula is C20H27N3O3S. The van der Waals surface area contributed by atoms with E-state index >= 15 is 0 Å². The molecule has 1 unspecified atom stereocenters. The predicted octanol–water partition coefficient (Wildman–Crippen LogP) is 3.38. The Labute approximate surface area is 164 Å². The first kappa shape index (κ1) is 21.0. The normalized spacial score (nSPS) is 12.0. The summed E-state index contributed by atoms with van der Waals surface area (Å²) in [6.07, 6.45) is 3.47. The number of carboxylic acids is 1. The van der Waals surface area contributed by atoms with Crippen LogP contribution in [-0.4, -0.2) is 44.8 Å². The molecule has 2 N–H and O–H groups in total. The number of benzene rings is 1. The maximum atomic E-state index is 12.4. The number of nitrogens with one attached hydrogen (secondary N) is 1. The molecule has 27 heavy (non-hydrogen) atoms. The van der Waals surface area contributed by atoms with E-state index in [0.29, 0.717) is 12.0 Å². The molecule has 2 aromatic rings. The number of aryl methyl sites for hydroxylation is 1. The molecule has 0 saturated heterocycles. The van der Waals surface area contributed by atoms with E-state index in [4.69, 9.17) is 5.11 Å². The molecule has 0 fully saturated rings. The largest absolute Gasteiger partial charge is 0.481 e. The highest BCUT2D eigenvalue weighted by Gasteiger charge is 2.15. The molecule has 0 bridgehead atoms. The quantitative estimate of drug-likeness (QED) is 0.687. The number of carbonyl (C=O) groups is 2. The molecule has 1 aromatic heterocycles. The van der Waals surface area contributed by atoms with Crippen molar-refractivity contribution in [1.29, 1.82) is 0 Å². The highest BCUT2D eigenvalue weighted by molar-refractivity contribution is 7.98. The third kappa shape index (κ3) is 5.35. The second-order valence-electron chi connectivity index (χ2n) is 6.54. The van der Waals surface area contributed by atoms with Gasteiger partial charge in [-0.2, -0.15) is 16.9 Å². The zero-order valence-electron chi connectivity index (χ0n) is 16.3. The molecule has 0 aliphatic rings. The molecule has 0 radical (unpaired) electrons. The van der Waals surface area contributed by atoms with Crippen LogP contribution in [0, 0.1) is 13.8 Å². The molecule has 0 saturated carbocycles. The summed E-state index contributed by atoms with van der Waals surface area (Å²) in [5.74, 6) is 0.00677. The van der Waals surface area contributed by atoms with Crippen molar-refractivity contribution in [2.24, 2.45) is 0 Å². The maximum Gasteiger partial charge on any atom is 0.303 e. The van der Waals surface area contributed by atoms with Crippen molar-refractivity contribution in [1.82, 2.24) is 15.1 Å². The number of carboxylic acid groups (broad SMARTS) is 1. The van der Waals surface area contributed by atoms with Crippen LogP contribution < -0.4 is 5.32 Å². The lowest BCUT2D eigenvalue weighted by atomic mass is 10.1. The van der Waals surface area contributed by atoms with Crippen molar-refractivity contribution in [3.05, 3.63) is 46.8 Å². The molecular weight excluding hydrogens is 362 g/mol. The lowest BCUT2D eigenvalue weighted by molar-refractivity contribution is -0.136. The van der Waals surface area contributed by atoms with E-state index in [-0.39, 0.29) is 18.4 Å². The van der Waals surface area contributed by atoms with Crippen LogP contribution in [0.25, 0.3) is 5.69 Å². The van der Waals surface area contributed by atoms with Crippen molar-refractivity contribution < 1.29 is 14.7 Å². The minimum atomic E-state index is -0.816. The van der Waals surface area contributed by atoms with Crippen molar-refractivity contribution in [3.8, 4) is 5.69 Å². The highest BCUT2D eigenvalue weighted by atomic mass is 32.2. The predicted molar refractivity (Wildman–Crippen MR) is 109 cm³/mol. The number of amides is 1. The maximum absolute atomic E-state index is 12.4. The van der Waals surface area contributed by atoms with Crippen LogP contribution in [0.1, 0.15) is 47.1 Å². The van der Waals surface area contributed by atoms with Gasteiger partial charge in [-0.1, -0.05) is 6.92 Å². The van der Waals surface area contributed by atoms with Crippen LogP contribution in [0.5, 0.6) is 0 Å². The fourth-order valence-corrected chi connectivity index (χ4v) is 3.73. The number of aromatic nitrogens is 2. The van der Waals surface area contributed by atoms with Crippen LogP contribution in [0.15, 0.2) is 24.3 Å². The second kappa shape index (κ2) is 9.60. The summed E-state index contributed by atoms with van der Waals surface area (Å²) in [6, 6.07) is 7.49. The first-order chi connectivity index (χ1) is 12.9. The van der Waals surface area contributed by atoms with Gasteiger partial charge in [-0.15, -0.1) is 0 Å². The Kier molecular flexibility index (Phi) is 7.47. The summed E-state index contributed by atoms with van der Waals surface area (Å²) >= 11 is 1.72. The lowest BCUT2D eigenvalue weighted by Gasteiger charge is -2.16. The SMILES string of the molecule is CCC(CSC)NC(=O)c1ccc(-n2nc(C)c(CCC(=O)O)c2C)cc1. The monoisotopic (exact) mass is 389 g/mol. The van der Waals surface area contributed by atoms with Gasteiger partial charge < -0.3 is 10.4 Å². The van der Waals surface area contributed by atoms with Gasteiger partial charge in [0.05, 0.1) is 11.4 Å². The molecule has 0 spiro atoms. The van der Waals surface area contributed by atoms with Crippen LogP contribution in [0.2, 0.25) is 0 Å². The summed E-state index contributed by atoms with van der Waals surface area (Å²) < 4.78 is 1.80. The molecule has 6 nitrogen and oxygen atoms in total. The van der Waals surface area contributed by atoms with Gasteiger partial charge in [0, 0.05) is 29.5 Å². The molecule has 1 heterocycles. The topological polar surface area (TPSA) is 84.2 Å². The first-order valence-corrected chi connectivity index (χ1v) is 10.4. The van der Waals surface area contributed by atoms with Crippen LogP contribution in [-0.2, 0) is 11.2 Å². The number of hydrogen-bond acceptors (Lipinski definition) is 4. The summed E-state index contributed by atoms with van der Waals surface area (Å²) in [4.78, 5) is 23.3. The van der Waals surface area contributed by atoms with Crippen LogP contribution >= 0.6 is 11.8 Å². The van der Waals surface area contributed by atoms with Crippen LogP contribution in [0.4, 0.5) is 0 Å². The standard InChI is InChI=1S/C20H27N3O3S/c1-5-16(12-27-4)21-20(26)15-6-8-17(9-7-15)23-14(3)18(13(2)22-23)10-11-19(24)25/h6-9,16H,5,10-12H2,1-4H3,(H,21,26)(H,24,25). The molecule has 146 valence electrons. The third-order valence-corrected chi connectivity index (χ3v) is 5.34. The van der Waals surface area contributed by atoms with Gasteiger partial charge in [-0.25, -0.2) is 4.68 Å². The van der Waals surface area contributed by atoms with Crippen molar-refractivity contribution in [2.45, 2.75) is 46.1 Å². The zero-order valence-corrected chi connectivity index (χ0v) is 17.1. The van der Waals surface area contributed by atoms with Gasteiger partial charge in [-0.3, -0.25) is 9.59 Å². The number of thioether (sulfide) groups is 1. The molecule has 1 atom stereocenters. The average Bonchev–Trinajstić information content (AvgIpc) is 2.93. The summed E-state index contributed by atoms with van der Waals surface area (Å²) in [7, 11) is 0. The van der Waals surface area contributed by atoms with E-state index in [2.05, 4.69) is 17.3 Å². The fraction of sp³-hybridized carbons (Fsp3) is 0.450. The average molecular weight is 390 g/mol. The number of carbonyl (C=O) groups excluding carboxylic acids is 1. The third-order valence-electron chi connectivity index (χ3n) is 4.60. The zero-order chi connectivity index (χ0) is 20.0. The van der Waals surface area contributed by atoms with E-state index in [1.54, 1.807) is 28.6 Å².